The van der Waals surface area contributed by atoms with E-state index in [0.717, 1.165) is 43.6 Å². The second-order valence-electron chi connectivity index (χ2n) is 5.41. The molecule has 1 amide bonds. The Hall–Kier alpha value is -1.39. The normalized spacial score (nSPS) is 20.5. The molecule has 0 aliphatic carbocycles. The Morgan fingerprint density at radius 3 is 2.79 bits per heavy atom. The number of carbonyl (C=O) groups excluding carboxylic acids is 1. The first-order chi connectivity index (χ1) is 9.29. The number of fused-ring (bicyclic) bond motifs is 1. The molecule has 2 aliphatic heterocycles. The third kappa shape index (κ3) is 2.38. The lowest BCUT2D eigenvalue weighted by Gasteiger charge is -2.38. The second kappa shape index (κ2) is 5.31. The van der Waals surface area contributed by atoms with Gasteiger partial charge >= 0.3 is 0 Å². The monoisotopic (exact) mass is 259 g/mol. The van der Waals surface area contributed by atoms with Gasteiger partial charge in [0, 0.05) is 24.7 Å². The van der Waals surface area contributed by atoms with Gasteiger partial charge in [-0.25, -0.2) is 0 Å². The number of nitrogens with zero attached hydrogens (tertiary/aromatic N) is 1. The van der Waals surface area contributed by atoms with E-state index in [9.17, 15) is 4.79 Å². The molecule has 1 fully saturated rings. The number of hydrogen-bond acceptors (Lipinski definition) is 3. The zero-order chi connectivity index (χ0) is 13.2. The van der Waals surface area contributed by atoms with Gasteiger partial charge < -0.3 is 16.0 Å². The van der Waals surface area contributed by atoms with Crippen molar-refractivity contribution < 1.29 is 4.79 Å². The number of carbonyl (C=O) groups is 1. The first kappa shape index (κ1) is 12.6. The lowest BCUT2D eigenvalue weighted by Crippen LogP contribution is -2.48. The summed E-state index contributed by atoms with van der Waals surface area (Å²) in [6.45, 7) is 2.57. The van der Waals surface area contributed by atoms with Crippen LogP contribution in [0.5, 0.6) is 0 Å². The summed E-state index contributed by atoms with van der Waals surface area (Å²) in [6, 6.07) is 6.65. The number of aryl methyl sites for hydroxylation is 1. The second-order valence-corrected chi connectivity index (χ2v) is 5.41. The zero-order valence-corrected chi connectivity index (χ0v) is 11.2. The molecule has 0 atom stereocenters. The van der Waals surface area contributed by atoms with Gasteiger partial charge in [0.2, 0.25) is 5.91 Å². The third-order valence-electron chi connectivity index (χ3n) is 4.19. The molecule has 1 aromatic carbocycles. The fourth-order valence-corrected chi connectivity index (χ4v) is 3.16. The van der Waals surface area contributed by atoms with E-state index in [1.807, 2.05) is 11.0 Å². The van der Waals surface area contributed by atoms with E-state index in [0.29, 0.717) is 19.0 Å². The molecule has 0 bridgehead atoms. The Morgan fingerprint density at radius 2 is 2.05 bits per heavy atom. The maximum atomic E-state index is 12.3. The highest BCUT2D eigenvalue weighted by Gasteiger charge is 2.31. The van der Waals surface area contributed by atoms with Crippen LogP contribution in [0.4, 0.5) is 5.69 Å². The summed E-state index contributed by atoms with van der Waals surface area (Å²) < 4.78 is 0. The van der Waals surface area contributed by atoms with Crippen LogP contribution in [-0.2, 0) is 17.8 Å². The topological polar surface area (TPSA) is 58.4 Å². The smallest absolute Gasteiger partial charge is 0.227 e. The Labute approximate surface area is 114 Å². The average molecular weight is 259 g/mol. The Balaban J connectivity index is 1.94. The number of amides is 1. The van der Waals surface area contributed by atoms with Crippen LogP contribution in [0.15, 0.2) is 18.2 Å². The molecule has 0 spiro atoms. The number of anilines is 1. The standard InChI is InChI=1S/C15H21N3O/c16-10-11-1-3-14-12(9-11)2-4-15(19)18(14)13-5-7-17-8-6-13/h1,3,9,13,17H,2,4-8,10,16H2. The van der Waals surface area contributed by atoms with E-state index in [1.54, 1.807) is 0 Å². The fraction of sp³-hybridized carbons (Fsp3) is 0.533. The molecular formula is C15H21N3O. The van der Waals surface area contributed by atoms with Gasteiger partial charge in [0.15, 0.2) is 0 Å². The lowest BCUT2D eigenvalue weighted by atomic mass is 9.94. The maximum absolute atomic E-state index is 12.3. The molecule has 102 valence electrons. The van der Waals surface area contributed by atoms with Gasteiger partial charge in [-0.2, -0.15) is 0 Å². The third-order valence-corrected chi connectivity index (χ3v) is 4.19. The Kier molecular flexibility index (Phi) is 3.53. The van der Waals surface area contributed by atoms with Crippen LogP contribution in [0.2, 0.25) is 0 Å². The van der Waals surface area contributed by atoms with Gasteiger partial charge in [-0.1, -0.05) is 12.1 Å². The number of piperidine rings is 1. The van der Waals surface area contributed by atoms with Crippen LogP contribution in [0.1, 0.15) is 30.4 Å². The maximum Gasteiger partial charge on any atom is 0.227 e. The summed E-state index contributed by atoms with van der Waals surface area (Å²) in [4.78, 5) is 14.3. The van der Waals surface area contributed by atoms with Crippen molar-refractivity contribution in [2.75, 3.05) is 18.0 Å². The van der Waals surface area contributed by atoms with Crippen molar-refractivity contribution in [3.05, 3.63) is 29.3 Å². The highest BCUT2D eigenvalue weighted by atomic mass is 16.2. The molecular weight excluding hydrogens is 238 g/mol. The molecule has 2 heterocycles. The van der Waals surface area contributed by atoms with E-state index in [4.69, 9.17) is 5.73 Å². The minimum atomic E-state index is 0.278. The van der Waals surface area contributed by atoms with Gasteiger partial charge in [-0.05, 0) is 49.5 Å². The number of hydrogen-bond donors (Lipinski definition) is 2. The summed E-state index contributed by atoms with van der Waals surface area (Å²) in [6.07, 6.45) is 3.57. The van der Waals surface area contributed by atoms with Gasteiger partial charge in [-0.3, -0.25) is 4.79 Å². The first-order valence-corrected chi connectivity index (χ1v) is 7.14. The largest absolute Gasteiger partial charge is 0.326 e. The molecule has 19 heavy (non-hydrogen) atoms. The van der Waals surface area contributed by atoms with Crippen molar-refractivity contribution >= 4 is 11.6 Å². The highest BCUT2D eigenvalue weighted by Crippen LogP contribution is 2.32. The van der Waals surface area contributed by atoms with Crippen LogP contribution in [0.25, 0.3) is 0 Å². The lowest BCUT2D eigenvalue weighted by molar-refractivity contribution is -0.119. The van der Waals surface area contributed by atoms with Crippen molar-refractivity contribution in [2.45, 2.75) is 38.3 Å². The van der Waals surface area contributed by atoms with E-state index < -0.39 is 0 Å². The number of nitrogens with one attached hydrogen (secondary N) is 1. The van der Waals surface area contributed by atoms with Crippen molar-refractivity contribution in [1.29, 1.82) is 0 Å². The molecule has 0 radical (unpaired) electrons. The summed E-state index contributed by atoms with van der Waals surface area (Å²) in [5.74, 6) is 0.278. The highest BCUT2D eigenvalue weighted by molar-refractivity contribution is 5.97. The van der Waals surface area contributed by atoms with Crippen LogP contribution >= 0.6 is 0 Å². The SMILES string of the molecule is NCc1ccc2c(c1)CCC(=O)N2C1CCNCC1. The molecule has 3 N–H and O–H groups in total. The zero-order valence-electron chi connectivity index (χ0n) is 11.2. The van der Waals surface area contributed by atoms with Crippen LogP contribution in [0, 0.1) is 0 Å². The van der Waals surface area contributed by atoms with Gasteiger partial charge in [0.1, 0.15) is 0 Å². The molecule has 0 aromatic heterocycles. The van der Waals surface area contributed by atoms with Crippen LogP contribution < -0.4 is 16.0 Å². The van der Waals surface area contributed by atoms with E-state index in [2.05, 4.69) is 17.4 Å². The molecule has 3 rings (SSSR count). The summed E-state index contributed by atoms with van der Waals surface area (Å²) in [5, 5.41) is 3.36. The summed E-state index contributed by atoms with van der Waals surface area (Å²) in [7, 11) is 0. The first-order valence-electron chi connectivity index (χ1n) is 7.14. The van der Waals surface area contributed by atoms with Crippen molar-refractivity contribution in [3.63, 3.8) is 0 Å². The molecule has 0 unspecified atom stereocenters. The predicted molar refractivity (Wildman–Crippen MR) is 76.0 cm³/mol. The number of nitrogens with two attached hydrogens (primary N) is 1. The summed E-state index contributed by atoms with van der Waals surface area (Å²) in [5.41, 5.74) is 9.24. The minimum Gasteiger partial charge on any atom is -0.326 e. The summed E-state index contributed by atoms with van der Waals surface area (Å²) >= 11 is 0. The van der Waals surface area contributed by atoms with Crippen molar-refractivity contribution in [3.8, 4) is 0 Å². The molecule has 4 heteroatoms. The Morgan fingerprint density at radius 1 is 1.26 bits per heavy atom. The number of benzene rings is 1. The quantitative estimate of drug-likeness (QED) is 0.838. The van der Waals surface area contributed by atoms with Gasteiger partial charge in [0.25, 0.3) is 0 Å². The molecule has 1 saturated heterocycles. The van der Waals surface area contributed by atoms with Crippen molar-refractivity contribution in [1.82, 2.24) is 5.32 Å². The average Bonchev–Trinajstić information content (AvgIpc) is 2.47. The molecule has 4 nitrogen and oxygen atoms in total. The Bertz CT molecular complexity index is 480. The van der Waals surface area contributed by atoms with Gasteiger partial charge in [0.05, 0.1) is 0 Å². The number of rotatable bonds is 2. The van der Waals surface area contributed by atoms with E-state index >= 15 is 0 Å². The van der Waals surface area contributed by atoms with Crippen LogP contribution in [0.3, 0.4) is 0 Å². The molecule has 0 saturated carbocycles. The minimum absolute atomic E-state index is 0.278. The molecule has 2 aliphatic rings. The van der Waals surface area contributed by atoms with Crippen molar-refractivity contribution in [2.24, 2.45) is 5.73 Å². The van der Waals surface area contributed by atoms with E-state index in [-0.39, 0.29) is 5.91 Å². The fourth-order valence-electron chi connectivity index (χ4n) is 3.16. The predicted octanol–water partition coefficient (Wildman–Crippen LogP) is 1.18. The molecule has 1 aromatic rings. The van der Waals surface area contributed by atoms with Gasteiger partial charge in [-0.15, -0.1) is 0 Å². The van der Waals surface area contributed by atoms with Crippen LogP contribution in [-0.4, -0.2) is 25.0 Å². The van der Waals surface area contributed by atoms with E-state index in [1.165, 1.54) is 5.56 Å².